The molecule has 0 radical (unpaired) electrons. The number of amides is 1. The van der Waals surface area contributed by atoms with Crippen LogP contribution in [-0.4, -0.2) is 16.5 Å². The lowest BCUT2D eigenvalue weighted by Gasteiger charge is -2.20. The van der Waals surface area contributed by atoms with Crippen LogP contribution in [0.25, 0.3) is 11.3 Å². The van der Waals surface area contributed by atoms with Gasteiger partial charge in [-0.3, -0.25) is 4.79 Å². The summed E-state index contributed by atoms with van der Waals surface area (Å²) in [4.78, 5) is 16.9. The standard InChI is InChI=1S/C17H17ClN2O2S/c18-12-6-4-11(5-7-12)13-10-23-15(20-13)17(14(19)21)16(22-17)8-2-1-3-9-16/h4-7,10H,1-3,8-9H2,(H2,19,21)/t17-/m1/s1. The van der Waals surface area contributed by atoms with E-state index in [2.05, 4.69) is 4.98 Å². The number of thiazole rings is 1. The van der Waals surface area contributed by atoms with E-state index in [4.69, 9.17) is 22.1 Å². The molecule has 1 spiro atoms. The molecule has 1 aromatic heterocycles. The number of ether oxygens (including phenoxy) is 1. The van der Waals surface area contributed by atoms with Crippen LogP contribution in [0.4, 0.5) is 0 Å². The van der Waals surface area contributed by atoms with Crippen molar-refractivity contribution in [1.29, 1.82) is 0 Å². The fourth-order valence-electron chi connectivity index (χ4n) is 3.65. The first-order valence-electron chi connectivity index (χ1n) is 7.79. The monoisotopic (exact) mass is 348 g/mol. The van der Waals surface area contributed by atoms with Crippen molar-refractivity contribution in [2.75, 3.05) is 0 Å². The van der Waals surface area contributed by atoms with Crippen molar-refractivity contribution in [2.24, 2.45) is 5.73 Å². The second-order valence-electron chi connectivity index (χ2n) is 6.25. The van der Waals surface area contributed by atoms with Crippen LogP contribution >= 0.6 is 22.9 Å². The zero-order valence-electron chi connectivity index (χ0n) is 12.5. The molecule has 0 unspecified atom stereocenters. The van der Waals surface area contributed by atoms with Crippen LogP contribution < -0.4 is 5.73 Å². The van der Waals surface area contributed by atoms with Gasteiger partial charge in [0.05, 0.1) is 5.69 Å². The summed E-state index contributed by atoms with van der Waals surface area (Å²) in [5, 5.41) is 3.31. The number of carbonyl (C=O) groups excluding carboxylic acids is 1. The van der Waals surface area contributed by atoms with E-state index in [1.807, 2.05) is 29.6 Å². The molecule has 1 amide bonds. The van der Waals surface area contributed by atoms with Gasteiger partial charge in [0.25, 0.3) is 5.91 Å². The third-order valence-corrected chi connectivity index (χ3v) is 6.10. The molecular weight excluding hydrogens is 332 g/mol. The molecule has 1 saturated carbocycles. The molecule has 1 aromatic carbocycles. The summed E-state index contributed by atoms with van der Waals surface area (Å²) in [6.45, 7) is 0. The number of hydrogen-bond acceptors (Lipinski definition) is 4. The van der Waals surface area contributed by atoms with E-state index in [1.54, 1.807) is 0 Å². The average molecular weight is 349 g/mol. The second kappa shape index (κ2) is 5.30. The molecule has 0 bridgehead atoms. The maximum absolute atomic E-state index is 12.2. The van der Waals surface area contributed by atoms with Crippen molar-refractivity contribution >= 4 is 28.8 Å². The van der Waals surface area contributed by atoms with Crippen molar-refractivity contribution in [2.45, 2.75) is 43.3 Å². The van der Waals surface area contributed by atoms with Crippen molar-refractivity contribution < 1.29 is 9.53 Å². The second-order valence-corrected chi connectivity index (χ2v) is 7.54. The number of epoxide rings is 1. The molecule has 6 heteroatoms. The molecule has 2 heterocycles. The summed E-state index contributed by atoms with van der Waals surface area (Å²) in [6, 6.07) is 7.50. The molecule has 1 saturated heterocycles. The van der Waals surface area contributed by atoms with Gasteiger partial charge in [0, 0.05) is 16.0 Å². The molecule has 120 valence electrons. The third-order valence-electron chi connectivity index (χ3n) is 4.90. The lowest BCUT2D eigenvalue weighted by atomic mass is 9.80. The largest absolute Gasteiger partial charge is 0.367 e. The van der Waals surface area contributed by atoms with Crippen molar-refractivity contribution in [1.82, 2.24) is 4.98 Å². The molecule has 1 aliphatic carbocycles. The lowest BCUT2D eigenvalue weighted by molar-refractivity contribution is -0.123. The fraction of sp³-hybridized carbons (Fsp3) is 0.412. The predicted molar refractivity (Wildman–Crippen MR) is 90.3 cm³/mol. The Labute approximate surface area is 143 Å². The highest BCUT2D eigenvalue weighted by atomic mass is 35.5. The zero-order valence-corrected chi connectivity index (χ0v) is 14.1. The highest BCUT2D eigenvalue weighted by molar-refractivity contribution is 7.10. The van der Waals surface area contributed by atoms with Gasteiger partial charge < -0.3 is 10.5 Å². The van der Waals surface area contributed by atoms with E-state index in [0.29, 0.717) is 10.0 Å². The van der Waals surface area contributed by atoms with Crippen molar-refractivity contribution in [3.63, 3.8) is 0 Å². The molecule has 2 aliphatic rings. The van der Waals surface area contributed by atoms with E-state index >= 15 is 0 Å². The Hall–Kier alpha value is -1.43. The molecule has 1 aliphatic heterocycles. The van der Waals surface area contributed by atoms with Gasteiger partial charge in [0.15, 0.2) is 0 Å². The molecule has 4 rings (SSSR count). The SMILES string of the molecule is NC(=O)[C@]1(c2nc(-c3ccc(Cl)cc3)cs2)OC12CCCCC2. The Kier molecular flexibility index (Phi) is 3.48. The molecule has 1 atom stereocenters. The maximum Gasteiger partial charge on any atom is 0.259 e. The van der Waals surface area contributed by atoms with Crippen LogP contribution in [0.5, 0.6) is 0 Å². The summed E-state index contributed by atoms with van der Waals surface area (Å²) in [5.74, 6) is -0.420. The van der Waals surface area contributed by atoms with Gasteiger partial charge in [0.1, 0.15) is 10.6 Å². The van der Waals surface area contributed by atoms with Crippen LogP contribution in [0.2, 0.25) is 5.02 Å². The van der Waals surface area contributed by atoms with Crippen LogP contribution in [-0.2, 0) is 15.1 Å². The number of aromatic nitrogens is 1. The van der Waals surface area contributed by atoms with Gasteiger partial charge in [-0.25, -0.2) is 4.98 Å². The van der Waals surface area contributed by atoms with Crippen LogP contribution in [0.1, 0.15) is 37.1 Å². The molecule has 2 aromatic rings. The number of halogens is 1. The van der Waals surface area contributed by atoms with Crippen LogP contribution in [0, 0.1) is 0 Å². The van der Waals surface area contributed by atoms with Gasteiger partial charge in [-0.15, -0.1) is 11.3 Å². The van der Waals surface area contributed by atoms with Crippen molar-refractivity contribution in [3.05, 3.63) is 39.7 Å². The van der Waals surface area contributed by atoms with E-state index in [0.717, 1.165) is 36.9 Å². The highest BCUT2D eigenvalue weighted by Gasteiger charge is 2.76. The van der Waals surface area contributed by atoms with Gasteiger partial charge in [-0.1, -0.05) is 43.0 Å². The minimum atomic E-state index is -1.03. The smallest absolute Gasteiger partial charge is 0.259 e. The minimum Gasteiger partial charge on any atom is -0.367 e. The summed E-state index contributed by atoms with van der Waals surface area (Å²) in [6.07, 6.45) is 5.10. The molecule has 4 nitrogen and oxygen atoms in total. The number of hydrogen-bond donors (Lipinski definition) is 1. The summed E-state index contributed by atoms with van der Waals surface area (Å²) in [5.41, 5.74) is 6.06. The molecule has 23 heavy (non-hydrogen) atoms. The quantitative estimate of drug-likeness (QED) is 0.856. The first kappa shape index (κ1) is 15.1. The van der Waals surface area contributed by atoms with E-state index in [1.165, 1.54) is 17.8 Å². The average Bonchev–Trinajstić information content (AvgIpc) is 2.95. The van der Waals surface area contributed by atoms with E-state index in [9.17, 15) is 4.79 Å². The Morgan fingerprint density at radius 1 is 1.22 bits per heavy atom. The Morgan fingerprint density at radius 2 is 1.91 bits per heavy atom. The third kappa shape index (κ3) is 2.22. The normalized spacial score (nSPS) is 25.4. The van der Waals surface area contributed by atoms with Crippen LogP contribution in [0.15, 0.2) is 29.6 Å². The summed E-state index contributed by atoms with van der Waals surface area (Å²) < 4.78 is 6.00. The van der Waals surface area contributed by atoms with Gasteiger partial charge >= 0.3 is 0 Å². The molecule has 2 fully saturated rings. The van der Waals surface area contributed by atoms with E-state index < -0.39 is 17.1 Å². The highest BCUT2D eigenvalue weighted by Crippen LogP contribution is 2.63. The first-order valence-corrected chi connectivity index (χ1v) is 9.05. The minimum absolute atomic E-state index is 0.420. The number of benzene rings is 1. The molecular formula is C17H17ClN2O2S. The molecule has 2 N–H and O–H groups in total. The number of nitrogens with two attached hydrogens (primary N) is 1. The van der Waals surface area contributed by atoms with Crippen molar-refractivity contribution in [3.8, 4) is 11.3 Å². The lowest BCUT2D eigenvalue weighted by Crippen LogP contribution is -2.38. The summed E-state index contributed by atoms with van der Waals surface area (Å²) in [7, 11) is 0. The number of primary amides is 1. The topological polar surface area (TPSA) is 68.5 Å². The number of nitrogens with zero attached hydrogens (tertiary/aromatic N) is 1. The van der Waals surface area contributed by atoms with Gasteiger partial charge in [-0.2, -0.15) is 0 Å². The Balaban J connectivity index is 1.70. The maximum atomic E-state index is 12.2. The predicted octanol–water partition coefficient (Wildman–Crippen LogP) is 3.88. The first-order chi connectivity index (χ1) is 11.1. The zero-order chi connectivity index (χ0) is 16.1. The number of rotatable bonds is 3. The van der Waals surface area contributed by atoms with Gasteiger partial charge in [0.2, 0.25) is 5.60 Å². The number of carbonyl (C=O) groups is 1. The Morgan fingerprint density at radius 3 is 2.57 bits per heavy atom. The fourth-order valence-corrected chi connectivity index (χ4v) is 4.84. The van der Waals surface area contributed by atoms with Crippen LogP contribution in [0.3, 0.4) is 0 Å². The van der Waals surface area contributed by atoms with Gasteiger partial charge in [-0.05, 0) is 25.0 Å². The Bertz CT molecular complexity index is 752. The van der Waals surface area contributed by atoms with E-state index in [-0.39, 0.29) is 0 Å². The summed E-state index contributed by atoms with van der Waals surface area (Å²) >= 11 is 7.37.